The van der Waals surface area contributed by atoms with Crippen molar-refractivity contribution in [2.24, 2.45) is 11.5 Å². The minimum absolute atomic E-state index is 0.0171. The van der Waals surface area contributed by atoms with E-state index in [0.29, 0.717) is 12.1 Å². The molecule has 0 radical (unpaired) electrons. The van der Waals surface area contributed by atoms with Gasteiger partial charge in [0, 0.05) is 24.9 Å². The summed E-state index contributed by atoms with van der Waals surface area (Å²) < 4.78 is 0. The van der Waals surface area contributed by atoms with Crippen LogP contribution in [0.3, 0.4) is 0 Å². The molecule has 4 atom stereocenters. The number of carbonyl (C=O) groups excluding carboxylic acids is 4. The maximum absolute atomic E-state index is 12.9. The molecule has 0 spiro atoms. The first kappa shape index (κ1) is 23.8. The number of imidazole rings is 1. The number of rotatable bonds is 10. The quantitative estimate of drug-likeness (QED) is 0.225. The van der Waals surface area contributed by atoms with Crippen LogP contribution >= 0.6 is 0 Å². The van der Waals surface area contributed by atoms with Crippen molar-refractivity contribution in [3.8, 4) is 0 Å². The van der Waals surface area contributed by atoms with Gasteiger partial charge in [-0.15, -0.1) is 0 Å². The fourth-order valence-electron chi connectivity index (χ4n) is 3.29. The summed E-state index contributed by atoms with van der Waals surface area (Å²) in [6.45, 7) is 1.62. The van der Waals surface area contributed by atoms with Gasteiger partial charge in [-0.1, -0.05) is 0 Å². The number of aromatic nitrogens is 2. The van der Waals surface area contributed by atoms with E-state index < -0.39 is 60.2 Å². The highest BCUT2D eigenvalue weighted by Crippen LogP contribution is 2.19. The van der Waals surface area contributed by atoms with Gasteiger partial charge >= 0.3 is 5.97 Å². The highest BCUT2D eigenvalue weighted by Gasteiger charge is 2.39. The summed E-state index contributed by atoms with van der Waals surface area (Å²) in [4.78, 5) is 68.6. The second-order valence-electron chi connectivity index (χ2n) is 7.39. The summed E-state index contributed by atoms with van der Waals surface area (Å²) in [6.07, 6.45) is 3.11. The van der Waals surface area contributed by atoms with E-state index in [1.54, 1.807) is 0 Å². The molecule has 31 heavy (non-hydrogen) atoms. The average Bonchev–Trinajstić information content (AvgIpc) is 3.37. The van der Waals surface area contributed by atoms with Crippen molar-refractivity contribution in [3.05, 3.63) is 18.2 Å². The molecule has 170 valence electrons. The number of amides is 4. The van der Waals surface area contributed by atoms with E-state index in [9.17, 15) is 29.1 Å². The zero-order valence-corrected chi connectivity index (χ0v) is 17.0. The Kier molecular flexibility index (Phi) is 8.07. The summed E-state index contributed by atoms with van der Waals surface area (Å²) in [5.41, 5.74) is 11.3. The second-order valence-corrected chi connectivity index (χ2v) is 7.39. The van der Waals surface area contributed by atoms with Crippen LogP contribution in [0.2, 0.25) is 0 Å². The van der Waals surface area contributed by atoms with Crippen molar-refractivity contribution in [2.45, 2.75) is 56.8 Å². The Morgan fingerprint density at radius 2 is 1.94 bits per heavy atom. The first-order valence-electron chi connectivity index (χ1n) is 9.75. The van der Waals surface area contributed by atoms with Gasteiger partial charge in [0.1, 0.15) is 18.1 Å². The predicted molar refractivity (Wildman–Crippen MR) is 106 cm³/mol. The molecule has 1 fully saturated rings. The number of carboxylic acid groups (broad SMARTS) is 1. The lowest BCUT2D eigenvalue weighted by Gasteiger charge is -2.28. The first-order chi connectivity index (χ1) is 14.6. The molecule has 1 aromatic heterocycles. The van der Waals surface area contributed by atoms with Crippen LogP contribution in [0.4, 0.5) is 0 Å². The smallest absolute Gasteiger partial charge is 0.326 e. The number of primary amides is 1. The van der Waals surface area contributed by atoms with Crippen LogP contribution in [-0.2, 0) is 30.4 Å². The van der Waals surface area contributed by atoms with Crippen molar-refractivity contribution in [1.82, 2.24) is 25.5 Å². The molecule has 4 amide bonds. The lowest BCUT2D eigenvalue weighted by Crippen LogP contribution is -2.58. The first-order valence-corrected chi connectivity index (χ1v) is 9.75. The van der Waals surface area contributed by atoms with Gasteiger partial charge in [0.15, 0.2) is 0 Å². The second kappa shape index (κ2) is 10.5. The number of aliphatic carboxylic acids is 1. The third kappa shape index (κ3) is 6.50. The van der Waals surface area contributed by atoms with Crippen LogP contribution in [0.15, 0.2) is 12.5 Å². The third-order valence-corrected chi connectivity index (χ3v) is 4.87. The monoisotopic (exact) mass is 437 g/mol. The van der Waals surface area contributed by atoms with Crippen LogP contribution < -0.4 is 22.1 Å². The van der Waals surface area contributed by atoms with Crippen molar-refractivity contribution in [1.29, 1.82) is 0 Å². The summed E-state index contributed by atoms with van der Waals surface area (Å²) in [6, 6.07) is -4.43. The van der Waals surface area contributed by atoms with Crippen LogP contribution in [-0.4, -0.2) is 80.3 Å². The Labute approximate surface area is 177 Å². The number of nitrogens with one attached hydrogen (secondary N) is 3. The normalized spacial score (nSPS) is 18.6. The number of carboxylic acids is 1. The molecule has 1 saturated heterocycles. The molecule has 2 rings (SSSR count). The fraction of sp³-hybridized carbons (Fsp3) is 0.556. The van der Waals surface area contributed by atoms with Crippen molar-refractivity contribution < 1.29 is 29.1 Å². The lowest BCUT2D eigenvalue weighted by molar-refractivity contribution is -0.149. The highest BCUT2D eigenvalue weighted by molar-refractivity contribution is 5.96. The number of H-pyrrole nitrogens is 1. The number of hydrogen-bond acceptors (Lipinski definition) is 7. The summed E-state index contributed by atoms with van der Waals surface area (Å²) in [5.74, 6) is -4.10. The van der Waals surface area contributed by atoms with Gasteiger partial charge in [-0.2, -0.15) is 0 Å². The number of aromatic amines is 1. The van der Waals surface area contributed by atoms with Crippen LogP contribution in [0.5, 0.6) is 0 Å². The molecule has 2 heterocycles. The Morgan fingerprint density at radius 1 is 1.26 bits per heavy atom. The molecule has 8 N–H and O–H groups in total. The van der Waals surface area contributed by atoms with Crippen LogP contribution in [0.1, 0.15) is 31.9 Å². The molecule has 0 aliphatic carbocycles. The van der Waals surface area contributed by atoms with Gasteiger partial charge in [-0.05, 0) is 19.8 Å². The predicted octanol–water partition coefficient (Wildman–Crippen LogP) is -2.78. The Hall–Kier alpha value is -3.48. The standard InChI is InChI=1S/C18H27N7O6/c1-9(19)15(27)23-11(5-10-7-21-8-22-10)16(28)24-12(6-14(20)26)17(29)25-4-2-3-13(25)18(30)31/h7-9,11-13H,2-6,19H2,1H3,(H2,20,26)(H,21,22)(H,23,27)(H,24,28)(H,30,31). The van der Waals surface area contributed by atoms with E-state index >= 15 is 0 Å². The summed E-state index contributed by atoms with van der Waals surface area (Å²) in [7, 11) is 0. The van der Waals surface area contributed by atoms with Gasteiger partial charge in [-0.3, -0.25) is 19.2 Å². The Morgan fingerprint density at radius 3 is 2.48 bits per heavy atom. The molecule has 0 bridgehead atoms. The summed E-state index contributed by atoms with van der Waals surface area (Å²) >= 11 is 0. The zero-order chi connectivity index (χ0) is 23.1. The van der Waals surface area contributed by atoms with E-state index in [0.717, 1.165) is 4.90 Å². The molecule has 0 aromatic carbocycles. The topological polar surface area (TPSA) is 214 Å². The molecule has 1 aliphatic rings. The largest absolute Gasteiger partial charge is 0.480 e. The SMILES string of the molecule is CC(N)C(=O)NC(Cc1cnc[nH]1)C(=O)NC(CC(N)=O)C(=O)N1CCCC1C(=O)O. The number of hydrogen-bond donors (Lipinski definition) is 6. The molecular formula is C18H27N7O6. The van der Waals surface area contributed by atoms with E-state index in [1.807, 2.05) is 0 Å². The molecule has 1 aliphatic heterocycles. The summed E-state index contributed by atoms with van der Waals surface area (Å²) in [5, 5.41) is 14.2. The molecule has 13 heteroatoms. The molecule has 1 aromatic rings. The third-order valence-electron chi connectivity index (χ3n) is 4.87. The highest BCUT2D eigenvalue weighted by atomic mass is 16.4. The number of carbonyl (C=O) groups is 5. The van der Waals surface area contributed by atoms with Crippen molar-refractivity contribution in [2.75, 3.05) is 6.54 Å². The number of nitrogens with two attached hydrogens (primary N) is 2. The molecule has 4 unspecified atom stereocenters. The Bertz CT molecular complexity index is 825. The van der Waals surface area contributed by atoms with E-state index in [1.165, 1.54) is 19.4 Å². The van der Waals surface area contributed by atoms with Gasteiger partial charge in [0.05, 0.1) is 18.8 Å². The fourth-order valence-corrected chi connectivity index (χ4v) is 3.29. The van der Waals surface area contributed by atoms with E-state index in [2.05, 4.69) is 20.6 Å². The van der Waals surface area contributed by atoms with E-state index in [4.69, 9.17) is 11.5 Å². The van der Waals surface area contributed by atoms with Crippen LogP contribution in [0, 0.1) is 0 Å². The van der Waals surface area contributed by atoms with Crippen LogP contribution in [0.25, 0.3) is 0 Å². The molecule has 13 nitrogen and oxygen atoms in total. The Balaban J connectivity index is 2.20. The minimum Gasteiger partial charge on any atom is -0.480 e. The number of likely N-dealkylation sites (tertiary alicyclic amines) is 1. The average molecular weight is 437 g/mol. The minimum atomic E-state index is -1.37. The van der Waals surface area contributed by atoms with E-state index in [-0.39, 0.29) is 19.4 Å². The zero-order valence-electron chi connectivity index (χ0n) is 17.0. The molecular weight excluding hydrogens is 410 g/mol. The van der Waals surface area contributed by atoms with Gasteiger partial charge in [0.2, 0.25) is 23.6 Å². The van der Waals surface area contributed by atoms with Gasteiger partial charge in [0.25, 0.3) is 0 Å². The number of nitrogens with zero attached hydrogens (tertiary/aromatic N) is 2. The van der Waals surface area contributed by atoms with Crippen molar-refractivity contribution in [3.63, 3.8) is 0 Å². The molecule has 0 saturated carbocycles. The lowest BCUT2D eigenvalue weighted by atomic mass is 10.1. The van der Waals surface area contributed by atoms with Crippen molar-refractivity contribution >= 4 is 29.6 Å². The maximum Gasteiger partial charge on any atom is 0.326 e. The maximum atomic E-state index is 12.9. The van der Waals surface area contributed by atoms with Gasteiger partial charge in [-0.25, -0.2) is 9.78 Å². The van der Waals surface area contributed by atoms with Gasteiger partial charge < -0.3 is 37.1 Å².